The number of nitrogens with one attached hydrogen (secondary N) is 1. The van der Waals surface area contributed by atoms with Gasteiger partial charge in [0.05, 0.1) is 6.20 Å². The van der Waals surface area contributed by atoms with Gasteiger partial charge in [-0.15, -0.1) is 0 Å². The van der Waals surface area contributed by atoms with E-state index in [1.165, 1.54) is 0 Å². The normalized spacial score (nSPS) is 11.3. The number of oxazole rings is 1. The summed E-state index contributed by atoms with van der Waals surface area (Å²) in [6.07, 6.45) is 3.98. The van der Waals surface area contributed by atoms with Crippen molar-refractivity contribution >= 4 is 28.6 Å². The van der Waals surface area contributed by atoms with E-state index in [0.29, 0.717) is 5.58 Å². The first kappa shape index (κ1) is 11.8. The minimum Gasteiger partial charge on any atom is -0.424 e. The van der Waals surface area contributed by atoms with Crippen molar-refractivity contribution in [3.05, 3.63) is 42.7 Å². The van der Waals surface area contributed by atoms with Crippen LogP contribution in [0.1, 0.15) is 0 Å². The van der Waals surface area contributed by atoms with Gasteiger partial charge < -0.3 is 19.9 Å². The molecule has 0 aliphatic heterocycles. The molecule has 0 spiro atoms. The summed E-state index contributed by atoms with van der Waals surface area (Å²) in [5.41, 5.74) is 10.0. The first-order valence-electron chi connectivity index (χ1n) is 6.56. The molecule has 3 aromatic heterocycles. The SMILES string of the molecule is CNc1cn2cc(-c3ccc4nc(N)oc4c3)ccc2n1. The summed E-state index contributed by atoms with van der Waals surface area (Å²) in [6, 6.07) is 10.0. The van der Waals surface area contributed by atoms with Gasteiger partial charge in [-0.05, 0) is 35.4 Å². The first-order chi connectivity index (χ1) is 10.2. The summed E-state index contributed by atoms with van der Waals surface area (Å²) in [5, 5.41) is 3.03. The fourth-order valence-corrected chi connectivity index (χ4v) is 2.41. The quantitative estimate of drug-likeness (QED) is 0.589. The Balaban J connectivity index is 1.86. The molecule has 6 nitrogen and oxygen atoms in total. The predicted octanol–water partition coefficient (Wildman–Crippen LogP) is 2.77. The summed E-state index contributed by atoms with van der Waals surface area (Å²) in [4.78, 5) is 8.53. The predicted molar refractivity (Wildman–Crippen MR) is 82.2 cm³/mol. The van der Waals surface area contributed by atoms with E-state index in [2.05, 4.69) is 15.3 Å². The number of benzene rings is 1. The molecular formula is C15H13N5O. The Morgan fingerprint density at radius 3 is 2.81 bits per heavy atom. The number of hydrogen-bond donors (Lipinski definition) is 2. The maximum absolute atomic E-state index is 5.57. The lowest BCUT2D eigenvalue weighted by atomic mass is 10.1. The standard InChI is InChI=1S/C15H13N5O/c1-17-13-8-20-7-10(3-5-14(20)19-13)9-2-4-11-12(6-9)21-15(16)18-11/h2-8,17H,1H3,(H2,16,18). The van der Waals surface area contributed by atoms with Gasteiger partial charge >= 0.3 is 0 Å². The highest BCUT2D eigenvalue weighted by molar-refractivity contribution is 5.81. The smallest absolute Gasteiger partial charge is 0.292 e. The van der Waals surface area contributed by atoms with Gasteiger partial charge in [-0.1, -0.05) is 6.07 Å². The number of fused-ring (bicyclic) bond motifs is 2. The number of imidazole rings is 1. The van der Waals surface area contributed by atoms with Crippen LogP contribution in [-0.2, 0) is 0 Å². The van der Waals surface area contributed by atoms with E-state index >= 15 is 0 Å². The molecule has 0 fully saturated rings. The van der Waals surface area contributed by atoms with Crippen LogP contribution in [0.15, 0.2) is 47.1 Å². The molecule has 1 aromatic carbocycles. The van der Waals surface area contributed by atoms with Crippen molar-refractivity contribution in [3.63, 3.8) is 0 Å². The van der Waals surface area contributed by atoms with Crippen LogP contribution in [-0.4, -0.2) is 21.4 Å². The van der Waals surface area contributed by atoms with Gasteiger partial charge in [0.2, 0.25) is 0 Å². The molecule has 4 aromatic rings. The van der Waals surface area contributed by atoms with Crippen molar-refractivity contribution in [2.45, 2.75) is 0 Å². The Hall–Kier alpha value is -3.02. The Morgan fingerprint density at radius 2 is 1.95 bits per heavy atom. The number of rotatable bonds is 2. The van der Waals surface area contributed by atoms with E-state index in [9.17, 15) is 0 Å². The lowest BCUT2D eigenvalue weighted by Crippen LogP contribution is -1.85. The second kappa shape index (κ2) is 4.24. The molecule has 21 heavy (non-hydrogen) atoms. The molecule has 0 amide bonds. The average molecular weight is 279 g/mol. The molecule has 0 aliphatic rings. The third-order valence-electron chi connectivity index (χ3n) is 3.45. The fraction of sp³-hybridized carbons (Fsp3) is 0.0667. The first-order valence-corrected chi connectivity index (χ1v) is 6.56. The number of nitrogens with zero attached hydrogens (tertiary/aromatic N) is 3. The molecule has 4 rings (SSSR count). The molecule has 0 atom stereocenters. The highest BCUT2D eigenvalue weighted by atomic mass is 16.4. The van der Waals surface area contributed by atoms with Gasteiger partial charge in [0, 0.05) is 13.2 Å². The minimum atomic E-state index is 0.186. The molecule has 0 saturated heterocycles. The summed E-state index contributed by atoms with van der Waals surface area (Å²) >= 11 is 0. The van der Waals surface area contributed by atoms with Gasteiger partial charge in [0.15, 0.2) is 5.58 Å². The van der Waals surface area contributed by atoms with Crippen LogP contribution in [0, 0.1) is 0 Å². The van der Waals surface area contributed by atoms with Gasteiger partial charge in [0.1, 0.15) is 17.0 Å². The molecule has 0 aliphatic carbocycles. The second-order valence-corrected chi connectivity index (χ2v) is 4.79. The van der Waals surface area contributed by atoms with E-state index < -0.39 is 0 Å². The minimum absolute atomic E-state index is 0.186. The van der Waals surface area contributed by atoms with E-state index in [0.717, 1.165) is 28.1 Å². The molecule has 0 radical (unpaired) electrons. The number of anilines is 2. The number of pyridine rings is 1. The molecule has 3 N–H and O–H groups in total. The van der Waals surface area contributed by atoms with Crippen molar-refractivity contribution in [3.8, 4) is 11.1 Å². The zero-order chi connectivity index (χ0) is 14.4. The van der Waals surface area contributed by atoms with E-state index in [1.54, 1.807) is 0 Å². The van der Waals surface area contributed by atoms with Crippen LogP contribution in [0.3, 0.4) is 0 Å². The largest absolute Gasteiger partial charge is 0.424 e. The van der Waals surface area contributed by atoms with Gasteiger partial charge in [-0.2, -0.15) is 4.98 Å². The highest BCUT2D eigenvalue weighted by Gasteiger charge is 2.07. The average Bonchev–Trinajstić information content (AvgIpc) is 3.06. The molecule has 104 valence electrons. The number of aromatic nitrogens is 3. The van der Waals surface area contributed by atoms with Crippen molar-refractivity contribution in [2.24, 2.45) is 0 Å². The maximum Gasteiger partial charge on any atom is 0.292 e. The van der Waals surface area contributed by atoms with Crippen molar-refractivity contribution in [2.75, 3.05) is 18.1 Å². The third-order valence-corrected chi connectivity index (χ3v) is 3.45. The second-order valence-electron chi connectivity index (χ2n) is 4.79. The van der Waals surface area contributed by atoms with Crippen molar-refractivity contribution in [1.82, 2.24) is 14.4 Å². The Labute approximate surface area is 120 Å². The van der Waals surface area contributed by atoms with Crippen LogP contribution in [0.2, 0.25) is 0 Å². The lowest BCUT2D eigenvalue weighted by Gasteiger charge is -2.02. The number of hydrogen-bond acceptors (Lipinski definition) is 5. The van der Waals surface area contributed by atoms with Crippen LogP contribution in [0.5, 0.6) is 0 Å². The zero-order valence-electron chi connectivity index (χ0n) is 11.4. The van der Waals surface area contributed by atoms with E-state index in [1.807, 2.05) is 54.2 Å². The summed E-state index contributed by atoms with van der Waals surface area (Å²) in [5.74, 6) is 0.839. The summed E-state index contributed by atoms with van der Waals surface area (Å²) in [6.45, 7) is 0. The molecule has 3 heterocycles. The van der Waals surface area contributed by atoms with Crippen molar-refractivity contribution < 1.29 is 4.42 Å². The zero-order valence-corrected chi connectivity index (χ0v) is 11.4. The Morgan fingerprint density at radius 1 is 1.10 bits per heavy atom. The highest BCUT2D eigenvalue weighted by Crippen LogP contribution is 2.26. The number of nitrogen functional groups attached to an aromatic ring is 1. The van der Waals surface area contributed by atoms with Gasteiger partial charge in [-0.25, -0.2) is 4.98 Å². The van der Waals surface area contributed by atoms with Gasteiger partial charge in [-0.3, -0.25) is 0 Å². The van der Waals surface area contributed by atoms with E-state index in [-0.39, 0.29) is 6.01 Å². The summed E-state index contributed by atoms with van der Waals surface area (Å²) < 4.78 is 7.36. The molecule has 0 unspecified atom stereocenters. The molecule has 0 bridgehead atoms. The summed E-state index contributed by atoms with van der Waals surface area (Å²) in [7, 11) is 1.85. The van der Waals surface area contributed by atoms with Crippen molar-refractivity contribution in [1.29, 1.82) is 0 Å². The Kier molecular flexibility index (Phi) is 2.38. The molecular weight excluding hydrogens is 266 g/mol. The van der Waals surface area contributed by atoms with E-state index in [4.69, 9.17) is 10.2 Å². The monoisotopic (exact) mass is 279 g/mol. The number of nitrogens with two attached hydrogens (primary N) is 1. The lowest BCUT2D eigenvalue weighted by molar-refractivity contribution is 0.626. The van der Waals surface area contributed by atoms with Crippen LogP contribution in [0.25, 0.3) is 27.9 Å². The topological polar surface area (TPSA) is 81.4 Å². The van der Waals surface area contributed by atoms with Crippen LogP contribution >= 0.6 is 0 Å². The maximum atomic E-state index is 5.57. The molecule has 0 saturated carbocycles. The van der Waals surface area contributed by atoms with Crippen LogP contribution < -0.4 is 11.1 Å². The Bertz CT molecular complexity index is 953. The fourth-order valence-electron chi connectivity index (χ4n) is 2.41. The van der Waals surface area contributed by atoms with Crippen LogP contribution in [0.4, 0.5) is 11.8 Å². The molecule has 6 heteroatoms. The van der Waals surface area contributed by atoms with Gasteiger partial charge in [0.25, 0.3) is 6.01 Å². The third kappa shape index (κ3) is 1.88.